The van der Waals surface area contributed by atoms with Crippen LogP contribution in [0.5, 0.6) is 0 Å². The zero-order chi connectivity index (χ0) is 20.6. The first kappa shape index (κ1) is 23.9. The van der Waals surface area contributed by atoms with Gasteiger partial charge in [0.15, 0.2) is 5.96 Å². The van der Waals surface area contributed by atoms with Crippen LogP contribution < -0.4 is 10.6 Å². The summed E-state index contributed by atoms with van der Waals surface area (Å²) in [6, 6.07) is 10.0. The predicted molar refractivity (Wildman–Crippen MR) is 130 cm³/mol. The molecule has 2 N–H and O–H groups in total. The second-order valence-corrected chi connectivity index (χ2v) is 7.01. The van der Waals surface area contributed by atoms with Gasteiger partial charge in [-0.15, -0.1) is 24.0 Å². The summed E-state index contributed by atoms with van der Waals surface area (Å²) in [5.41, 5.74) is 2.90. The summed E-state index contributed by atoms with van der Waals surface area (Å²) >= 11 is 0. The summed E-state index contributed by atoms with van der Waals surface area (Å²) in [5, 5.41) is 11.0. The van der Waals surface area contributed by atoms with Crippen LogP contribution in [-0.4, -0.2) is 52.8 Å². The molecule has 3 rings (SSSR count). The lowest BCUT2D eigenvalue weighted by atomic mass is 10.1. The molecule has 3 aromatic rings. The SMILES string of the molecule is CCNC(=NCc1coc(-c2ccccc2)n1)NCC(c1cnn(C)c1)N(C)C.I. The third kappa shape index (κ3) is 6.56. The Labute approximate surface area is 194 Å². The molecule has 0 aliphatic carbocycles. The Kier molecular flexibility index (Phi) is 9.31. The third-order valence-corrected chi connectivity index (χ3v) is 4.51. The average Bonchev–Trinajstić information content (AvgIpc) is 3.36. The molecule has 0 fully saturated rings. The van der Waals surface area contributed by atoms with Crippen molar-refractivity contribution >= 4 is 29.9 Å². The first-order chi connectivity index (χ1) is 14.1. The zero-order valence-corrected chi connectivity index (χ0v) is 20.2. The van der Waals surface area contributed by atoms with Gasteiger partial charge in [-0.25, -0.2) is 9.98 Å². The molecule has 1 atom stereocenters. The molecule has 0 radical (unpaired) electrons. The highest BCUT2D eigenvalue weighted by molar-refractivity contribution is 14.0. The normalized spacial score (nSPS) is 12.5. The summed E-state index contributed by atoms with van der Waals surface area (Å²) in [6.45, 7) is 3.97. The number of hydrogen-bond acceptors (Lipinski definition) is 5. The van der Waals surface area contributed by atoms with E-state index in [-0.39, 0.29) is 30.0 Å². The van der Waals surface area contributed by atoms with Gasteiger partial charge in [-0.1, -0.05) is 18.2 Å². The van der Waals surface area contributed by atoms with Gasteiger partial charge < -0.3 is 20.0 Å². The Bertz CT molecular complexity index is 920. The average molecular weight is 523 g/mol. The Morgan fingerprint density at radius 1 is 1.23 bits per heavy atom. The van der Waals surface area contributed by atoms with Crippen LogP contribution in [-0.2, 0) is 13.6 Å². The summed E-state index contributed by atoms with van der Waals surface area (Å²) < 4.78 is 7.42. The predicted octanol–water partition coefficient (Wildman–Crippen LogP) is 3.05. The molecule has 0 saturated heterocycles. The van der Waals surface area contributed by atoms with E-state index in [1.165, 1.54) is 0 Å². The minimum atomic E-state index is 0. The number of hydrogen-bond donors (Lipinski definition) is 2. The van der Waals surface area contributed by atoms with E-state index in [0.29, 0.717) is 19.0 Å². The molecule has 0 aliphatic heterocycles. The summed E-state index contributed by atoms with van der Waals surface area (Å²) in [4.78, 5) is 11.4. The topological polar surface area (TPSA) is 83.5 Å². The Balaban J connectivity index is 0.00000320. The lowest BCUT2D eigenvalue weighted by molar-refractivity contribution is 0.298. The van der Waals surface area contributed by atoms with Gasteiger partial charge in [-0.3, -0.25) is 4.68 Å². The largest absolute Gasteiger partial charge is 0.444 e. The van der Waals surface area contributed by atoms with Gasteiger partial charge >= 0.3 is 0 Å². The Morgan fingerprint density at radius 2 is 2.00 bits per heavy atom. The molecule has 0 aliphatic rings. The second kappa shape index (κ2) is 11.7. The molecule has 0 amide bonds. The highest BCUT2D eigenvalue weighted by atomic mass is 127. The number of nitrogens with zero attached hydrogens (tertiary/aromatic N) is 5. The van der Waals surface area contributed by atoms with Gasteiger partial charge in [0.1, 0.15) is 12.0 Å². The highest BCUT2D eigenvalue weighted by Crippen LogP contribution is 2.18. The highest BCUT2D eigenvalue weighted by Gasteiger charge is 2.16. The summed E-state index contributed by atoms with van der Waals surface area (Å²) in [5.74, 6) is 1.35. The van der Waals surface area contributed by atoms with Gasteiger partial charge in [-0.05, 0) is 33.2 Å². The van der Waals surface area contributed by atoms with E-state index in [1.807, 2.05) is 61.4 Å². The van der Waals surface area contributed by atoms with Crippen molar-refractivity contribution in [1.29, 1.82) is 0 Å². The van der Waals surface area contributed by atoms with Crippen LogP contribution in [0.4, 0.5) is 0 Å². The van der Waals surface area contributed by atoms with Crippen LogP contribution in [0.2, 0.25) is 0 Å². The lowest BCUT2D eigenvalue weighted by Gasteiger charge is -2.24. The number of likely N-dealkylation sites (N-methyl/N-ethyl adjacent to an activating group) is 1. The van der Waals surface area contributed by atoms with Crippen molar-refractivity contribution in [1.82, 2.24) is 30.3 Å². The molecule has 2 heterocycles. The summed E-state index contributed by atoms with van der Waals surface area (Å²) in [7, 11) is 6.05. The number of benzene rings is 1. The molecule has 8 nitrogen and oxygen atoms in total. The van der Waals surface area contributed by atoms with Crippen molar-refractivity contribution in [2.75, 3.05) is 27.2 Å². The van der Waals surface area contributed by atoms with Crippen LogP contribution in [0.3, 0.4) is 0 Å². The fraction of sp³-hybridized carbons (Fsp3) is 0.381. The Hall–Kier alpha value is -2.40. The number of oxazole rings is 1. The van der Waals surface area contributed by atoms with E-state index in [4.69, 9.17) is 4.42 Å². The van der Waals surface area contributed by atoms with E-state index in [2.05, 4.69) is 44.7 Å². The molecule has 0 saturated carbocycles. The molecule has 0 spiro atoms. The molecular formula is C21H30IN7O. The van der Waals surface area contributed by atoms with E-state index in [0.717, 1.165) is 29.3 Å². The molecule has 162 valence electrons. The second-order valence-electron chi connectivity index (χ2n) is 7.01. The van der Waals surface area contributed by atoms with Crippen molar-refractivity contribution < 1.29 is 4.42 Å². The van der Waals surface area contributed by atoms with Crippen molar-refractivity contribution in [2.24, 2.45) is 12.0 Å². The van der Waals surface area contributed by atoms with Gasteiger partial charge in [0.25, 0.3) is 0 Å². The zero-order valence-electron chi connectivity index (χ0n) is 17.9. The maximum Gasteiger partial charge on any atom is 0.226 e. The molecule has 2 aromatic heterocycles. The molecular weight excluding hydrogens is 493 g/mol. The molecule has 1 unspecified atom stereocenters. The number of guanidine groups is 1. The smallest absolute Gasteiger partial charge is 0.226 e. The van der Waals surface area contributed by atoms with Crippen molar-refractivity contribution in [2.45, 2.75) is 19.5 Å². The van der Waals surface area contributed by atoms with E-state index >= 15 is 0 Å². The van der Waals surface area contributed by atoms with Crippen LogP contribution >= 0.6 is 24.0 Å². The van der Waals surface area contributed by atoms with E-state index in [1.54, 1.807) is 6.26 Å². The van der Waals surface area contributed by atoms with Gasteiger partial charge in [0.2, 0.25) is 5.89 Å². The molecule has 30 heavy (non-hydrogen) atoms. The van der Waals surface area contributed by atoms with Crippen molar-refractivity contribution in [3.8, 4) is 11.5 Å². The number of aryl methyl sites for hydroxylation is 1. The number of aromatic nitrogens is 3. The van der Waals surface area contributed by atoms with Gasteiger partial charge in [0.05, 0.1) is 18.8 Å². The molecule has 1 aromatic carbocycles. The standard InChI is InChI=1S/C21H29N7O.HI/c1-5-22-21(24-13-19(27(2)3)17-11-25-28(4)14-17)23-12-18-15-29-20(26-18)16-9-7-6-8-10-16;/h6-11,14-15,19H,5,12-13H2,1-4H3,(H2,22,23,24);1H. The van der Waals surface area contributed by atoms with Crippen LogP contribution in [0.15, 0.2) is 58.4 Å². The molecule has 0 bridgehead atoms. The van der Waals surface area contributed by atoms with Gasteiger partial charge in [-0.2, -0.15) is 5.10 Å². The van der Waals surface area contributed by atoms with E-state index < -0.39 is 0 Å². The van der Waals surface area contributed by atoms with Crippen molar-refractivity contribution in [3.05, 3.63) is 60.2 Å². The fourth-order valence-corrected chi connectivity index (χ4v) is 3.00. The molecule has 9 heteroatoms. The number of nitrogens with one attached hydrogen (secondary N) is 2. The number of aliphatic imine (C=N–C) groups is 1. The van der Waals surface area contributed by atoms with Crippen LogP contribution in [0, 0.1) is 0 Å². The lowest BCUT2D eigenvalue weighted by Crippen LogP contribution is -2.41. The Morgan fingerprint density at radius 3 is 2.63 bits per heavy atom. The minimum absolute atomic E-state index is 0. The number of halogens is 1. The minimum Gasteiger partial charge on any atom is -0.444 e. The van der Waals surface area contributed by atoms with Crippen LogP contribution in [0.25, 0.3) is 11.5 Å². The first-order valence-electron chi connectivity index (χ1n) is 9.73. The maximum absolute atomic E-state index is 5.60. The van der Waals surface area contributed by atoms with E-state index in [9.17, 15) is 0 Å². The first-order valence-corrected chi connectivity index (χ1v) is 9.73. The van der Waals surface area contributed by atoms with Crippen molar-refractivity contribution in [3.63, 3.8) is 0 Å². The third-order valence-electron chi connectivity index (χ3n) is 4.51. The van der Waals surface area contributed by atoms with Crippen LogP contribution in [0.1, 0.15) is 24.2 Å². The summed E-state index contributed by atoms with van der Waals surface area (Å²) in [6.07, 6.45) is 5.60. The fourth-order valence-electron chi connectivity index (χ4n) is 3.00. The van der Waals surface area contributed by atoms with Gasteiger partial charge in [0, 0.05) is 37.5 Å². The quantitative estimate of drug-likeness (QED) is 0.268. The number of rotatable bonds is 8. The monoisotopic (exact) mass is 523 g/mol. The maximum atomic E-state index is 5.60.